The molecular weight excluding hydrogens is 442 g/mol. The second kappa shape index (κ2) is 8.39. The Balaban J connectivity index is 1.44. The molecule has 3 N–H and O–H groups in total. The highest BCUT2D eigenvalue weighted by molar-refractivity contribution is 7.22. The Morgan fingerprint density at radius 1 is 0.933 bits per heavy atom. The summed E-state index contributed by atoms with van der Waals surface area (Å²) in [6, 6.07) is 12.3. The number of hydrogen-bond donors (Lipinski definition) is 3. The van der Waals surface area contributed by atoms with Crippen molar-refractivity contribution in [2.24, 2.45) is 0 Å². The normalized spacial score (nSPS) is 10.8. The molecule has 0 radical (unpaired) electrons. The fraction of sp³-hybridized carbons (Fsp3) is 0.100. The number of fused-ring (bicyclic) bond motifs is 1. The summed E-state index contributed by atoms with van der Waals surface area (Å²) in [7, 11) is 0. The Bertz CT molecular complexity index is 1270. The maximum atomic E-state index is 12.7. The van der Waals surface area contributed by atoms with Crippen molar-refractivity contribution < 1.29 is 9.59 Å². The number of carbonyl (C=O) groups is 2. The highest BCUT2D eigenvalue weighted by Crippen LogP contribution is 2.29. The van der Waals surface area contributed by atoms with Gasteiger partial charge in [0.15, 0.2) is 10.3 Å². The molecule has 0 bridgehead atoms. The Hall–Kier alpha value is -3.01. The van der Waals surface area contributed by atoms with Crippen LogP contribution in [-0.2, 0) is 0 Å². The molecule has 2 aromatic carbocycles. The molecule has 10 heteroatoms. The Morgan fingerprint density at radius 3 is 2.53 bits per heavy atom. The number of halogens is 1. The first-order valence-electron chi connectivity index (χ1n) is 8.87. The molecule has 2 aromatic heterocycles. The Kier molecular flexibility index (Phi) is 5.67. The van der Waals surface area contributed by atoms with E-state index < -0.39 is 6.03 Å². The van der Waals surface area contributed by atoms with Crippen molar-refractivity contribution in [1.82, 2.24) is 9.97 Å². The molecule has 0 fully saturated rings. The standard InChI is InChI=1S/C20H16ClN5O2S2/c1-10-6-7-14-15(8-10)29-20(24-14)25-17(27)16-11(2)22-19(30-16)26-18(28)23-13-5-3-4-12(21)9-13/h3-9H,1-2H3,(H,24,25,27)(H2,22,23,26,28). The van der Waals surface area contributed by atoms with E-state index in [1.165, 1.54) is 11.3 Å². The average molecular weight is 458 g/mol. The van der Waals surface area contributed by atoms with E-state index in [2.05, 4.69) is 25.9 Å². The van der Waals surface area contributed by atoms with Gasteiger partial charge in [-0.15, -0.1) is 0 Å². The van der Waals surface area contributed by atoms with Crippen LogP contribution in [0, 0.1) is 13.8 Å². The summed E-state index contributed by atoms with van der Waals surface area (Å²) in [5, 5.41) is 9.47. The summed E-state index contributed by atoms with van der Waals surface area (Å²) in [5.41, 5.74) is 3.04. The van der Waals surface area contributed by atoms with Gasteiger partial charge in [-0.3, -0.25) is 15.4 Å². The molecule has 0 spiro atoms. The SMILES string of the molecule is Cc1ccc2nc(NC(=O)c3sc(NC(=O)Nc4cccc(Cl)c4)nc3C)sc2c1. The monoisotopic (exact) mass is 457 g/mol. The van der Waals surface area contributed by atoms with Gasteiger partial charge in [0.1, 0.15) is 4.88 Å². The smallest absolute Gasteiger partial charge is 0.308 e. The predicted octanol–water partition coefficient (Wildman–Crippen LogP) is 5.92. The van der Waals surface area contributed by atoms with Gasteiger partial charge < -0.3 is 5.32 Å². The summed E-state index contributed by atoms with van der Waals surface area (Å²) in [6.07, 6.45) is 0. The van der Waals surface area contributed by atoms with E-state index in [4.69, 9.17) is 11.6 Å². The van der Waals surface area contributed by atoms with Crippen LogP contribution in [0.25, 0.3) is 10.2 Å². The van der Waals surface area contributed by atoms with Gasteiger partial charge in [-0.1, -0.05) is 46.4 Å². The zero-order valence-corrected chi connectivity index (χ0v) is 18.3. The molecular formula is C20H16ClN5O2S2. The lowest BCUT2D eigenvalue weighted by atomic mass is 10.2. The van der Waals surface area contributed by atoms with Crippen molar-refractivity contribution in [1.29, 1.82) is 0 Å². The molecule has 3 amide bonds. The van der Waals surface area contributed by atoms with Crippen molar-refractivity contribution in [2.45, 2.75) is 13.8 Å². The topological polar surface area (TPSA) is 96.0 Å². The molecule has 0 saturated carbocycles. The van der Waals surface area contributed by atoms with E-state index in [1.54, 1.807) is 31.2 Å². The summed E-state index contributed by atoms with van der Waals surface area (Å²) in [4.78, 5) is 34.0. The third kappa shape index (κ3) is 4.59. The minimum atomic E-state index is -0.473. The molecule has 0 unspecified atom stereocenters. The van der Waals surface area contributed by atoms with Crippen molar-refractivity contribution in [2.75, 3.05) is 16.0 Å². The van der Waals surface area contributed by atoms with Gasteiger partial charge in [-0.2, -0.15) is 0 Å². The van der Waals surface area contributed by atoms with Crippen molar-refractivity contribution >= 4 is 72.4 Å². The lowest BCUT2D eigenvalue weighted by molar-refractivity contribution is 0.103. The predicted molar refractivity (Wildman–Crippen MR) is 123 cm³/mol. The van der Waals surface area contributed by atoms with Crippen LogP contribution >= 0.6 is 34.3 Å². The zero-order valence-electron chi connectivity index (χ0n) is 15.9. The van der Waals surface area contributed by atoms with E-state index in [-0.39, 0.29) is 5.91 Å². The Labute approximate surface area is 185 Å². The van der Waals surface area contributed by atoms with Crippen LogP contribution in [0.4, 0.5) is 20.7 Å². The fourth-order valence-electron chi connectivity index (χ4n) is 2.73. The second-order valence-electron chi connectivity index (χ2n) is 6.47. The summed E-state index contributed by atoms with van der Waals surface area (Å²) in [5.74, 6) is -0.316. The molecule has 0 aliphatic heterocycles. The van der Waals surface area contributed by atoms with Gasteiger partial charge in [0.25, 0.3) is 5.91 Å². The van der Waals surface area contributed by atoms with Crippen LogP contribution in [0.2, 0.25) is 5.02 Å². The number of aromatic nitrogens is 2. The fourth-order valence-corrected chi connectivity index (χ4v) is 4.73. The van der Waals surface area contributed by atoms with Crippen molar-refractivity contribution in [3.8, 4) is 0 Å². The lowest BCUT2D eigenvalue weighted by Crippen LogP contribution is -2.19. The molecule has 0 atom stereocenters. The number of hydrogen-bond acceptors (Lipinski definition) is 6. The molecule has 0 saturated heterocycles. The van der Waals surface area contributed by atoms with Crippen LogP contribution in [0.15, 0.2) is 42.5 Å². The van der Waals surface area contributed by atoms with Crippen LogP contribution in [-0.4, -0.2) is 21.9 Å². The van der Waals surface area contributed by atoms with Crippen LogP contribution in [0.5, 0.6) is 0 Å². The number of nitrogens with zero attached hydrogens (tertiary/aromatic N) is 2. The van der Waals surface area contributed by atoms with E-state index in [1.807, 2.05) is 25.1 Å². The average Bonchev–Trinajstić information content (AvgIpc) is 3.23. The first kappa shape index (κ1) is 20.3. The number of urea groups is 1. The summed E-state index contributed by atoms with van der Waals surface area (Å²) >= 11 is 8.42. The number of carbonyl (C=O) groups excluding carboxylic acids is 2. The minimum Gasteiger partial charge on any atom is -0.308 e. The molecule has 4 aromatic rings. The van der Waals surface area contributed by atoms with E-state index >= 15 is 0 Å². The number of aryl methyl sites for hydroxylation is 2. The van der Waals surface area contributed by atoms with Gasteiger partial charge >= 0.3 is 6.03 Å². The Morgan fingerprint density at radius 2 is 1.73 bits per heavy atom. The molecule has 2 heterocycles. The number of rotatable bonds is 4. The first-order valence-corrected chi connectivity index (χ1v) is 10.9. The van der Waals surface area contributed by atoms with Gasteiger partial charge in [-0.25, -0.2) is 14.8 Å². The minimum absolute atomic E-state index is 0.316. The number of anilines is 3. The molecule has 0 aliphatic rings. The van der Waals surface area contributed by atoms with Gasteiger partial charge in [-0.05, 0) is 49.7 Å². The lowest BCUT2D eigenvalue weighted by Gasteiger charge is -2.05. The van der Waals surface area contributed by atoms with Crippen LogP contribution < -0.4 is 16.0 Å². The maximum Gasteiger partial charge on any atom is 0.325 e. The number of amides is 3. The first-order chi connectivity index (χ1) is 14.4. The second-order valence-corrected chi connectivity index (χ2v) is 8.93. The van der Waals surface area contributed by atoms with Crippen LogP contribution in [0.1, 0.15) is 20.9 Å². The van der Waals surface area contributed by atoms with Crippen molar-refractivity contribution in [3.63, 3.8) is 0 Å². The van der Waals surface area contributed by atoms with Gasteiger partial charge in [0, 0.05) is 10.7 Å². The number of nitrogens with one attached hydrogen (secondary N) is 3. The van der Waals surface area contributed by atoms with Gasteiger partial charge in [0.05, 0.1) is 15.9 Å². The van der Waals surface area contributed by atoms with E-state index in [0.29, 0.717) is 31.5 Å². The molecule has 0 aliphatic carbocycles. The van der Waals surface area contributed by atoms with Gasteiger partial charge in [0.2, 0.25) is 0 Å². The number of benzene rings is 2. The van der Waals surface area contributed by atoms with E-state index in [0.717, 1.165) is 27.1 Å². The molecule has 30 heavy (non-hydrogen) atoms. The molecule has 152 valence electrons. The molecule has 7 nitrogen and oxygen atoms in total. The third-order valence-corrected chi connectivity index (χ3v) is 6.31. The summed E-state index contributed by atoms with van der Waals surface area (Å²) < 4.78 is 1.01. The van der Waals surface area contributed by atoms with Crippen molar-refractivity contribution in [3.05, 3.63) is 63.6 Å². The van der Waals surface area contributed by atoms with Crippen LogP contribution in [0.3, 0.4) is 0 Å². The summed E-state index contributed by atoms with van der Waals surface area (Å²) in [6.45, 7) is 3.72. The number of thiazole rings is 2. The quantitative estimate of drug-likeness (QED) is 0.354. The highest BCUT2D eigenvalue weighted by Gasteiger charge is 2.18. The third-order valence-electron chi connectivity index (χ3n) is 4.07. The zero-order chi connectivity index (χ0) is 21.3. The highest BCUT2D eigenvalue weighted by atomic mass is 35.5. The maximum absolute atomic E-state index is 12.7. The van der Waals surface area contributed by atoms with E-state index in [9.17, 15) is 9.59 Å². The largest absolute Gasteiger partial charge is 0.325 e. The molecule has 4 rings (SSSR count).